The van der Waals surface area contributed by atoms with E-state index in [2.05, 4.69) is 15.5 Å². The first-order valence-corrected chi connectivity index (χ1v) is 15.3. The second-order valence-corrected chi connectivity index (χ2v) is 11.2. The number of anilines is 4. The zero-order valence-corrected chi connectivity index (χ0v) is 26.3. The van der Waals surface area contributed by atoms with E-state index in [9.17, 15) is 35.9 Å². The van der Waals surface area contributed by atoms with Crippen LogP contribution in [0.15, 0.2) is 91.0 Å². The lowest BCUT2D eigenvalue weighted by Gasteiger charge is -2.38. The summed E-state index contributed by atoms with van der Waals surface area (Å²) < 4.78 is 85.4. The molecule has 8 nitrogen and oxygen atoms in total. The van der Waals surface area contributed by atoms with Gasteiger partial charge in [-0.25, -0.2) is 4.79 Å². The number of amides is 3. The van der Waals surface area contributed by atoms with Crippen molar-refractivity contribution in [3.8, 4) is 5.75 Å². The number of halogens is 6. The van der Waals surface area contributed by atoms with Gasteiger partial charge in [0.15, 0.2) is 0 Å². The van der Waals surface area contributed by atoms with Gasteiger partial charge in [0.25, 0.3) is 5.91 Å². The first kappa shape index (κ1) is 34.9. The predicted octanol–water partition coefficient (Wildman–Crippen LogP) is 7.68. The first-order chi connectivity index (χ1) is 23.3. The third-order valence-electron chi connectivity index (χ3n) is 7.93. The number of methoxy groups -OCH3 is 1. The summed E-state index contributed by atoms with van der Waals surface area (Å²) in [6.07, 6.45) is -9.59. The first-order valence-electron chi connectivity index (χ1n) is 15.3. The lowest BCUT2D eigenvalue weighted by Crippen LogP contribution is -2.47. The molecule has 4 aromatic rings. The second kappa shape index (κ2) is 14.8. The van der Waals surface area contributed by atoms with Gasteiger partial charge in [-0.05, 0) is 60.5 Å². The Morgan fingerprint density at radius 2 is 1.27 bits per heavy atom. The van der Waals surface area contributed by atoms with E-state index in [-0.39, 0.29) is 17.3 Å². The Bertz CT molecular complexity index is 1740. The van der Waals surface area contributed by atoms with E-state index < -0.39 is 41.1 Å². The molecule has 1 heterocycles. The zero-order chi connectivity index (χ0) is 35.2. The van der Waals surface area contributed by atoms with Gasteiger partial charge in [-0.15, -0.1) is 0 Å². The van der Waals surface area contributed by atoms with Gasteiger partial charge in [-0.3, -0.25) is 4.79 Å². The van der Waals surface area contributed by atoms with Crippen molar-refractivity contribution in [1.82, 2.24) is 5.32 Å². The van der Waals surface area contributed by atoms with Crippen LogP contribution in [0.1, 0.15) is 27.0 Å². The van der Waals surface area contributed by atoms with Crippen LogP contribution in [-0.4, -0.2) is 51.8 Å². The molecule has 1 aliphatic rings. The van der Waals surface area contributed by atoms with Crippen molar-refractivity contribution in [2.75, 3.05) is 60.3 Å². The molecule has 0 unspecified atom stereocenters. The molecular weight excluding hydrogens is 652 g/mol. The maximum Gasteiger partial charge on any atom is 0.416 e. The van der Waals surface area contributed by atoms with Gasteiger partial charge in [0.1, 0.15) is 5.75 Å². The van der Waals surface area contributed by atoms with E-state index in [0.29, 0.717) is 57.0 Å². The summed E-state index contributed by atoms with van der Waals surface area (Å²) in [5.41, 5.74) is -0.952. The van der Waals surface area contributed by atoms with Crippen LogP contribution < -0.4 is 30.5 Å². The maximum absolute atomic E-state index is 13.6. The minimum absolute atomic E-state index is 0.0271. The molecule has 258 valence electrons. The maximum atomic E-state index is 13.6. The SMILES string of the molecule is COc1ccccc1N1CCN(c2ccc(NC(=O)Nc3cc(C(F)(F)F)cc(C(F)(F)F)c3)cc2C(=O)NCCc2ccccc2)CC1. The largest absolute Gasteiger partial charge is 0.495 e. The molecule has 3 amide bonds. The molecule has 4 aromatic carbocycles. The van der Waals surface area contributed by atoms with Crippen molar-refractivity contribution in [3.63, 3.8) is 0 Å². The van der Waals surface area contributed by atoms with Crippen LogP contribution in [0.25, 0.3) is 0 Å². The fraction of sp³-hybridized carbons (Fsp3) is 0.257. The van der Waals surface area contributed by atoms with Gasteiger partial charge < -0.3 is 30.5 Å². The van der Waals surface area contributed by atoms with Crippen LogP contribution >= 0.6 is 0 Å². The molecule has 5 rings (SSSR count). The summed E-state index contributed by atoms with van der Waals surface area (Å²) in [4.78, 5) is 30.6. The summed E-state index contributed by atoms with van der Waals surface area (Å²) in [5.74, 6) is 0.317. The van der Waals surface area contributed by atoms with E-state index in [0.717, 1.165) is 17.0 Å². The highest BCUT2D eigenvalue weighted by atomic mass is 19.4. The third kappa shape index (κ3) is 8.95. The molecule has 0 aromatic heterocycles. The third-order valence-corrected chi connectivity index (χ3v) is 7.93. The van der Waals surface area contributed by atoms with Crippen LogP contribution in [0.3, 0.4) is 0 Å². The summed E-state index contributed by atoms with van der Waals surface area (Å²) >= 11 is 0. The number of para-hydroxylation sites is 2. The highest BCUT2D eigenvalue weighted by Gasteiger charge is 2.37. The normalized spacial score (nSPS) is 13.5. The smallest absolute Gasteiger partial charge is 0.416 e. The van der Waals surface area contributed by atoms with E-state index in [1.807, 2.05) is 64.8 Å². The Balaban J connectivity index is 1.35. The Labute approximate surface area is 278 Å². The number of nitrogens with zero attached hydrogens (tertiary/aromatic N) is 2. The molecule has 14 heteroatoms. The minimum Gasteiger partial charge on any atom is -0.495 e. The molecule has 0 bridgehead atoms. The van der Waals surface area contributed by atoms with E-state index in [4.69, 9.17) is 4.74 Å². The van der Waals surface area contributed by atoms with Gasteiger partial charge in [-0.1, -0.05) is 42.5 Å². The molecule has 1 saturated heterocycles. The van der Waals surface area contributed by atoms with Crippen molar-refractivity contribution in [2.24, 2.45) is 0 Å². The average molecular weight is 686 g/mol. The van der Waals surface area contributed by atoms with Crippen LogP contribution in [0.5, 0.6) is 5.75 Å². The van der Waals surface area contributed by atoms with Gasteiger partial charge in [0, 0.05) is 49.8 Å². The highest BCUT2D eigenvalue weighted by molar-refractivity contribution is 6.04. The van der Waals surface area contributed by atoms with Crippen molar-refractivity contribution >= 4 is 34.7 Å². The number of ether oxygens (including phenoxy) is 1. The van der Waals surface area contributed by atoms with Gasteiger partial charge in [0.2, 0.25) is 0 Å². The van der Waals surface area contributed by atoms with Crippen molar-refractivity contribution in [3.05, 3.63) is 113 Å². The molecule has 49 heavy (non-hydrogen) atoms. The number of piperazine rings is 1. The number of alkyl halides is 6. The summed E-state index contributed by atoms with van der Waals surface area (Å²) in [6.45, 7) is 2.65. The molecule has 0 spiro atoms. The van der Waals surface area contributed by atoms with Crippen LogP contribution in [0.2, 0.25) is 0 Å². The van der Waals surface area contributed by atoms with Crippen molar-refractivity contribution in [2.45, 2.75) is 18.8 Å². The van der Waals surface area contributed by atoms with Crippen molar-refractivity contribution in [1.29, 1.82) is 0 Å². The van der Waals surface area contributed by atoms with Crippen molar-refractivity contribution < 1.29 is 40.7 Å². The quantitative estimate of drug-likeness (QED) is 0.158. The minimum atomic E-state index is -5.08. The Hall–Kier alpha value is -5.40. The summed E-state index contributed by atoms with van der Waals surface area (Å²) in [6, 6.07) is 21.5. The monoisotopic (exact) mass is 685 g/mol. The van der Waals surface area contributed by atoms with Crippen LogP contribution in [-0.2, 0) is 18.8 Å². The summed E-state index contributed by atoms with van der Waals surface area (Å²) in [7, 11) is 1.60. The fourth-order valence-electron chi connectivity index (χ4n) is 5.53. The molecule has 1 fully saturated rings. The van der Waals surface area contributed by atoms with Gasteiger partial charge >= 0.3 is 18.4 Å². The Morgan fingerprint density at radius 3 is 1.88 bits per heavy atom. The molecule has 0 saturated carbocycles. The number of hydrogen-bond donors (Lipinski definition) is 3. The Kier molecular flexibility index (Phi) is 10.5. The van der Waals surface area contributed by atoms with Gasteiger partial charge in [-0.2, -0.15) is 26.3 Å². The second-order valence-electron chi connectivity index (χ2n) is 11.2. The van der Waals surface area contributed by atoms with E-state index in [1.165, 1.54) is 12.1 Å². The topological polar surface area (TPSA) is 85.9 Å². The number of carbonyl (C=O) groups excluding carboxylic acids is 2. The number of rotatable bonds is 9. The standard InChI is InChI=1S/C35H33F6N5O3/c1-49-31-10-6-5-9-30(31)46-17-15-45(16-18-46)29-12-11-26(22-28(29)32(47)42-14-13-23-7-3-2-4-8-23)43-33(48)44-27-20-24(34(36,37)38)19-25(21-27)35(39,40)41/h2-12,19-22H,13-18H2,1H3,(H,42,47)(H2,43,44,48). The zero-order valence-electron chi connectivity index (χ0n) is 26.3. The predicted molar refractivity (Wildman–Crippen MR) is 175 cm³/mol. The Morgan fingerprint density at radius 1 is 0.694 bits per heavy atom. The van der Waals surface area contributed by atoms with Crippen LogP contribution in [0.4, 0.5) is 53.9 Å². The molecule has 0 radical (unpaired) electrons. The molecule has 0 aliphatic carbocycles. The van der Waals surface area contributed by atoms with Crippen LogP contribution in [0, 0.1) is 0 Å². The fourth-order valence-corrected chi connectivity index (χ4v) is 5.53. The number of benzene rings is 4. The highest BCUT2D eigenvalue weighted by Crippen LogP contribution is 2.38. The number of urea groups is 1. The number of nitrogens with one attached hydrogen (secondary N) is 3. The lowest BCUT2D eigenvalue weighted by atomic mass is 10.1. The average Bonchev–Trinajstić information content (AvgIpc) is 3.08. The lowest BCUT2D eigenvalue weighted by molar-refractivity contribution is -0.143. The number of carbonyl (C=O) groups is 2. The molecule has 3 N–H and O–H groups in total. The molecular formula is C35H33F6N5O3. The van der Waals surface area contributed by atoms with E-state index >= 15 is 0 Å². The number of hydrogen-bond acceptors (Lipinski definition) is 5. The molecule has 0 atom stereocenters. The molecule has 1 aliphatic heterocycles. The summed E-state index contributed by atoms with van der Waals surface area (Å²) in [5, 5.41) is 7.37. The van der Waals surface area contributed by atoms with Gasteiger partial charge in [0.05, 0.1) is 29.5 Å². The van der Waals surface area contributed by atoms with E-state index in [1.54, 1.807) is 13.2 Å².